The lowest BCUT2D eigenvalue weighted by atomic mass is 10.1. The van der Waals surface area contributed by atoms with Gasteiger partial charge in [-0.05, 0) is 35.9 Å². The minimum absolute atomic E-state index is 0.564. The van der Waals surface area contributed by atoms with Gasteiger partial charge in [0, 0.05) is 29.9 Å². The van der Waals surface area contributed by atoms with Crippen LogP contribution in [0.2, 0.25) is 5.02 Å². The first-order valence-corrected chi connectivity index (χ1v) is 6.60. The number of methoxy groups -OCH3 is 1. The summed E-state index contributed by atoms with van der Waals surface area (Å²) in [5.41, 5.74) is 2.59. The van der Waals surface area contributed by atoms with Gasteiger partial charge in [0.2, 0.25) is 0 Å². The maximum Gasteiger partial charge on any atom is 0.152 e. The minimum Gasteiger partial charge on any atom is -0.497 e. The number of anilines is 1. The molecular formula is C16H16ClNO2. The van der Waals surface area contributed by atoms with Gasteiger partial charge in [-0.25, -0.2) is 0 Å². The molecule has 0 aromatic heterocycles. The molecule has 0 saturated heterocycles. The van der Waals surface area contributed by atoms with Crippen LogP contribution in [0.3, 0.4) is 0 Å². The zero-order chi connectivity index (χ0) is 14.5. The Hall–Kier alpha value is -2.00. The fourth-order valence-electron chi connectivity index (χ4n) is 2.06. The van der Waals surface area contributed by atoms with Crippen molar-refractivity contribution >= 4 is 23.6 Å². The van der Waals surface area contributed by atoms with E-state index in [2.05, 4.69) is 0 Å². The lowest BCUT2D eigenvalue weighted by Crippen LogP contribution is -2.17. The van der Waals surface area contributed by atoms with Crippen LogP contribution in [0.25, 0.3) is 0 Å². The number of hydrogen-bond acceptors (Lipinski definition) is 3. The smallest absolute Gasteiger partial charge is 0.152 e. The van der Waals surface area contributed by atoms with Crippen molar-refractivity contribution in [3.05, 3.63) is 58.6 Å². The Kier molecular flexibility index (Phi) is 4.64. The summed E-state index contributed by atoms with van der Waals surface area (Å²) in [5, 5.41) is 0.564. The van der Waals surface area contributed by atoms with Crippen molar-refractivity contribution in [2.45, 2.75) is 6.54 Å². The molecule has 0 spiro atoms. The molecule has 2 rings (SSSR count). The Morgan fingerprint density at radius 3 is 2.50 bits per heavy atom. The fraction of sp³-hybridized carbons (Fsp3) is 0.188. The van der Waals surface area contributed by atoms with Crippen molar-refractivity contribution in [1.82, 2.24) is 0 Å². The summed E-state index contributed by atoms with van der Waals surface area (Å²) in [7, 11) is 3.59. The second-order valence-corrected chi connectivity index (χ2v) is 4.96. The summed E-state index contributed by atoms with van der Waals surface area (Å²) in [4.78, 5) is 13.1. The van der Waals surface area contributed by atoms with Gasteiger partial charge in [-0.15, -0.1) is 0 Å². The molecule has 0 aliphatic heterocycles. The highest BCUT2D eigenvalue weighted by atomic mass is 35.5. The normalized spacial score (nSPS) is 10.2. The Bertz CT molecular complexity index is 596. The topological polar surface area (TPSA) is 29.5 Å². The van der Waals surface area contributed by atoms with Crippen LogP contribution < -0.4 is 9.64 Å². The fourth-order valence-corrected chi connectivity index (χ4v) is 2.24. The molecule has 0 amide bonds. The van der Waals surface area contributed by atoms with E-state index in [1.54, 1.807) is 19.2 Å². The Morgan fingerprint density at radius 2 is 1.90 bits per heavy atom. The number of aldehydes is 1. The first-order chi connectivity index (χ1) is 9.63. The van der Waals surface area contributed by atoms with Gasteiger partial charge in [-0.2, -0.15) is 0 Å². The average molecular weight is 290 g/mol. The van der Waals surface area contributed by atoms with Crippen molar-refractivity contribution in [2.24, 2.45) is 0 Å². The van der Waals surface area contributed by atoms with Gasteiger partial charge in [0.15, 0.2) is 6.29 Å². The molecule has 0 aliphatic rings. The van der Waals surface area contributed by atoms with Gasteiger partial charge < -0.3 is 9.64 Å². The SMILES string of the molecule is COc1ccc(CN(C)c2ccc(Cl)cc2C=O)cc1. The van der Waals surface area contributed by atoms with Gasteiger partial charge in [0.25, 0.3) is 0 Å². The van der Waals surface area contributed by atoms with Gasteiger partial charge in [-0.1, -0.05) is 23.7 Å². The van der Waals surface area contributed by atoms with Crippen LogP contribution in [0, 0.1) is 0 Å². The molecule has 4 heteroatoms. The van der Waals surface area contributed by atoms with Gasteiger partial charge in [-0.3, -0.25) is 4.79 Å². The van der Waals surface area contributed by atoms with E-state index in [1.165, 1.54) is 0 Å². The van der Waals surface area contributed by atoms with Crippen LogP contribution in [0.15, 0.2) is 42.5 Å². The average Bonchev–Trinajstić information content (AvgIpc) is 2.47. The molecule has 0 saturated carbocycles. The summed E-state index contributed by atoms with van der Waals surface area (Å²) in [6.45, 7) is 0.701. The Morgan fingerprint density at radius 1 is 1.20 bits per heavy atom. The summed E-state index contributed by atoms with van der Waals surface area (Å²) < 4.78 is 5.13. The maximum atomic E-state index is 11.1. The van der Waals surface area contributed by atoms with Crippen LogP contribution >= 0.6 is 11.6 Å². The van der Waals surface area contributed by atoms with Crippen molar-refractivity contribution in [2.75, 3.05) is 19.1 Å². The van der Waals surface area contributed by atoms with Gasteiger partial charge in [0.1, 0.15) is 5.75 Å². The zero-order valence-electron chi connectivity index (χ0n) is 11.5. The number of carbonyl (C=O) groups is 1. The van der Waals surface area contributed by atoms with Crippen LogP contribution in [-0.4, -0.2) is 20.4 Å². The predicted molar refractivity (Wildman–Crippen MR) is 81.9 cm³/mol. The molecule has 0 aliphatic carbocycles. The molecule has 0 unspecified atom stereocenters. The van der Waals surface area contributed by atoms with Crippen molar-refractivity contribution in [3.63, 3.8) is 0 Å². The van der Waals surface area contributed by atoms with E-state index >= 15 is 0 Å². The molecule has 0 bridgehead atoms. The monoisotopic (exact) mass is 289 g/mol. The van der Waals surface area contributed by atoms with E-state index in [4.69, 9.17) is 16.3 Å². The molecular weight excluding hydrogens is 274 g/mol. The maximum absolute atomic E-state index is 11.1. The molecule has 2 aromatic rings. The van der Waals surface area contributed by atoms with Crippen molar-refractivity contribution in [1.29, 1.82) is 0 Å². The Labute approximate surface area is 123 Å². The van der Waals surface area contributed by atoms with E-state index in [0.717, 1.165) is 23.3 Å². The highest BCUT2D eigenvalue weighted by Crippen LogP contribution is 2.24. The second-order valence-electron chi connectivity index (χ2n) is 4.53. The lowest BCUT2D eigenvalue weighted by molar-refractivity contribution is 0.112. The number of halogens is 1. The quantitative estimate of drug-likeness (QED) is 0.784. The Balaban J connectivity index is 2.18. The summed E-state index contributed by atoms with van der Waals surface area (Å²) >= 11 is 5.90. The number of ether oxygens (including phenoxy) is 1. The predicted octanol–water partition coefficient (Wildman–Crippen LogP) is 3.80. The standard InChI is InChI=1S/C16H16ClNO2/c1-18(10-12-3-6-15(20-2)7-4-12)16-8-5-14(17)9-13(16)11-19/h3-9,11H,10H2,1-2H3. The highest BCUT2D eigenvalue weighted by molar-refractivity contribution is 6.31. The molecule has 104 valence electrons. The first kappa shape index (κ1) is 14.4. The zero-order valence-corrected chi connectivity index (χ0v) is 12.2. The number of nitrogens with zero attached hydrogens (tertiary/aromatic N) is 1. The molecule has 3 nitrogen and oxygen atoms in total. The molecule has 0 radical (unpaired) electrons. The number of benzene rings is 2. The van der Waals surface area contributed by atoms with Gasteiger partial charge in [0.05, 0.1) is 7.11 Å². The van der Waals surface area contributed by atoms with Crippen LogP contribution in [0.5, 0.6) is 5.75 Å². The van der Waals surface area contributed by atoms with Crippen LogP contribution in [-0.2, 0) is 6.54 Å². The van der Waals surface area contributed by atoms with Gasteiger partial charge >= 0.3 is 0 Å². The third-order valence-corrected chi connectivity index (χ3v) is 3.34. The number of rotatable bonds is 5. The third-order valence-electron chi connectivity index (χ3n) is 3.11. The van der Waals surface area contributed by atoms with E-state index in [1.807, 2.05) is 42.3 Å². The number of hydrogen-bond donors (Lipinski definition) is 0. The molecule has 0 atom stereocenters. The van der Waals surface area contributed by atoms with E-state index in [0.29, 0.717) is 17.1 Å². The molecule has 0 heterocycles. The van der Waals surface area contributed by atoms with E-state index in [-0.39, 0.29) is 0 Å². The molecule has 20 heavy (non-hydrogen) atoms. The minimum atomic E-state index is 0.564. The highest BCUT2D eigenvalue weighted by Gasteiger charge is 2.08. The van der Waals surface area contributed by atoms with Crippen LogP contribution in [0.1, 0.15) is 15.9 Å². The molecule has 2 aromatic carbocycles. The lowest BCUT2D eigenvalue weighted by Gasteiger charge is -2.21. The largest absolute Gasteiger partial charge is 0.497 e. The van der Waals surface area contributed by atoms with Crippen molar-refractivity contribution < 1.29 is 9.53 Å². The summed E-state index contributed by atoms with van der Waals surface area (Å²) in [6.07, 6.45) is 0.825. The second kappa shape index (κ2) is 6.44. The molecule has 0 fully saturated rings. The summed E-state index contributed by atoms with van der Waals surface area (Å²) in [5.74, 6) is 0.830. The number of carbonyl (C=O) groups excluding carboxylic acids is 1. The summed E-state index contributed by atoms with van der Waals surface area (Å²) in [6, 6.07) is 13.2. The van der Waals surface area contributed by atoms with Crippen molar-refractivity contribution in [3.8, 4) is 5.75 Å². The van der Waals surface area contributed by atoms with Crippen LogP contribution in [0.4, 0.5) is 5.69 Å². The first-order valence-electron chi connectivity index (χ1n) is 6.23. The third kappa shape index (κ3) is 3.31. The van der Waals surface area contributed by atoms with E-state index < -0.39 is 0 Å². The van der Waals surface area contributed by atoms with E-state index in [9.17, 15) is 4.79 Å². The molecule has 0 N–H and O–H groups in total.